The van der Waals surface area contributed by atoms with Gasteiger partial charge in [0.05, 0.1) is 0 Å². The first-order valence-corrected chi connectivity index (χ1v) is 4.44. The third-order valence-corrected chi connectivity index (χ3v) is 2.33. The highest BCUT2D eigenvalue weighted by Crippen LogP contribution is 2.37. The second-order valence-corrected chi connectivity index (χ2v) is 3.66. The second-order valence-electron chi connectivity index (χ2n) is 3.66. The Kier molecular flexibility index (Phi) is 2.03. The molecule has 12 heavy (non-hydrogen) atoms. The van der Waals surface area contributed by atoms with Gasteiger partial charge in [0, 0.05) is 0 Å². The minimum Gasteiger partial charge on any atom is -0.228 e. The summed E-state index contributed by atoms with van der Waals surface area (Å²) in [7, 11) is 0. The molecule has 0 spiro atoms. The highest BCUT2D eigenvalue weighted by Gasteiger charge is 2.39. The summed E-state index contributed by atoms with van der Waals surface area (Å²) in [5, 5.41) is 0. The average molecular weight is 166 g/mol. The summed E-state index contributed by atoms with van der Waals surface area (Å²) in [5.41, 5.74) is 2.63. The summed E-state index contributed by atoms with van der Waals surface area (Å²) in [5.74, 6) is 0. The summed E-state index contributed by atoms with van der Waals surface area (Å²) in [6.45, 7) is 4.19. The van der Waals surface area contributed by atoms with E-state index in [4.69, 9.17) is 9.78 Å². The van der Waals surface area contributed by atoms with Gasteiger partial charge in [-0.15, -0.1) is 0 Å². The standard InChI is InChI=1S/C10H14O2/c1-7(2)3-4-8-9-5-6-10(8)12-11-9/h3-4,9-10H,5-6H2,1-2H3/t9-,10+. The van der Waals surface area contributed by atoms with Crippen molar-refractivity contribution in [1.82, 2.24) is 0 Å². The van der Waals surface area contributed by atoms with Crippen molar-refractivity contribution >= 4 is 0 Å². The molecule has 0 aromatic carbocycles. The van der Waals surface area contributed by atoms with Gasteiger partial charge in [-0.2, -0.15) is 0 Å². The summed E-state index contributed by atoms with van der Waals surface area (Å²) >= 11 is 0. The molecular formula is C10H14O2. The molecule has 2 fully saturated rings. The zero-order valence-corrected chi connectivity index (χ0v) is 7.54. The van der Waals surface area contributed by atoms with Gasteiger partial charge >= 0.3 is 0 Å². The zero-order chi connectivity index (χ0) is 8.55. The number of hydrogen-bond acceptors (Lipinski definition) is 2. The van der Waals surface area contributed by atoms with E-state index in [0.29, 0.717) is 0 Å². The molecule has 2 aliphatic rings. The average Bonchev–Trinajstić information content (AvgIpc) is 2.59. The van der Waals surface area contributed by atoms with Gasteiger partial charge in [0.25, 0.3) is 0 Å². The van der Waals surface area contributed by atoms with E-state index in [1.165, 1.54) is 11.1 Å². The van der Waals surface area contributed by atoms with Gasteiger partial charge in [-0.3, -0.25) is 0 Å². The molecular weight excluding hydrogens is 152 g/mol. The number of fused-ring (bicyclic) bond motifs is 2. The SMILES string of the molecule is CC(C)=CC=C1[C@@H]2CC[C@H]1OO2. The molecule has 1 saturated carbocycles. The van der Waals surface area contributed by atoms with Gasteiger partial charge < -0.3 is 0 Å². The molecule has 1 aliphatic carbocycles. The topological polar surface area (TPSA) is 18.5 Å². The lowest BCUT2D eigenvalue weighted by molar-refractivity contribution is -0.315. The molecule has 2 heteroatoms. The molecule has 0 radical (unpaired) electrons. The van der Waals surface area contributed by atoms with Crippen molar-refractivity contribution in [2.24, 2.45) is 0 Å². The van der Waals surface area contributed by atoms with Crippen molar-refractivity contribution in [2.45, 2.75) is 38.9 Å². The van der Waals surface area contributed by atoms with Crippen molar-refractivity contribution in [1.29, 1.82) is 0 Å². The molecule has 0 amide bonds. The fraction of sp³-hybridized carbons (Fsp3) is 0.600. The lowest BCUT2D eigenvalue weighted by Crippen LogP contribution is -2.05. The van der Waals surface area contributed by atoms with Crippen molar-refractivity contribution in [2.75, 3.05) is 0 Å². The highest BCUT2D eigenvalue weighted by atomic mass is 17.2. The molecule has 0 aromatic rings. The van der Waals surface area contributed by atoms with Crippen LogP contribution < -0.4 is 0 Å². The second kappa shape index (κ2) is 3.04. The molecule has 2 rings (SSSR count). The lowest BCUT2D eigenvalue weighted by atomic mass is 10.1. The normalized spacial score (nSPS) is 36.0. The fourth-order valence-corrected chi connectivity index (χ4v) is 1.66. The van der Waals surface area contributed by atoms with Crippen LogP contribution in [0.1, 0.15) is 26.7 Å². The summed E-state index contributed by atoms with van der Waals surface area (Å²) in [4.78, 5) is 10.2. The van der Waals surface area contributed by atoms with E-state index in [0.717, 1.165) is 12.8 Å². The summed E-state index contributed by atoms with van der Waals surface area (Å²) in [6, 6.07) is 0. The van der Waals surface area contributed by atoms with E-state index in [9.17, 15) is 0 Å². The van der Waals surface area contributed by atoms with Crippen LogP contribution in [0.4, 0.5) is 0 Å². The first-order chi connectivity index (χ1) is 5.77. The summed E-state index contributed by atoms with van der Waals surface area (Å²) < 4.78 is 0. The van der Waals surface area contributed by atoms with Gasteiger partial charge in [0.15, 0.2) is 0 Å². The summed E-state index contributed by atoms with van der Waals surface area (Å²) in [6.07, 6.45) is 6.99. The van der Waals surface area contributed by atoms with E-state index in [1.807, 2.05) is 0 Å². The van der Waals surface area contributed by atoms with Crippen LogP contribution in [0, 0.1) is 0 Å². The van der Waals surface area contributed by atoms with Crippen LogP contribution in [-0.2, 0) is 9.78 Å². The maximum Gasteiger partial charge on any atom is 0.117 e. The molecule has 1 aliphatic heterocycles. The van der Waals surface area contributed by atoms with Gasteiger partial charge in [0.1, 0.15) is 12.2 Å². The number of rotatable bonds is 1. The van der Waals surface area contributed by atoms with E-state index in [2.05, 4.69) is 26.0 Å². The minimum atomic E-state index is 0.241. The Hall–Kier alpha value is -0.600. The molecule has 0 N–H and O–H groups in total. The van der Waals surface area contributed by atoms with Gasteiger partial charge in [-0.05, 0) is 32.3 Å². The van der Waals surface area contributed by atoms with Crippen LogP contribution in [0.15, 0.2) is 23.3 Å². The van der Waals surface area contributed by atoms with Crippen molar-refractivity contribution < 1.29 is 9.78 Å². The Morgan fingerprint density at radius 1 is 1.25 bits per heavy atom. The zero-order valence-electron chi connectivity index (χ0n) is 7.54. The Bertz CT molecular complexity index is 214. The van der Waals surface area contributed by atoms with Crippen LogP contribution >= 0.6 is 0 Å². The van der Waals surface area contributed by atoms with Crippen LogP contribution in [0.3, 0.4) is 0 Å². The minimum absolute atomic E-state index is 0.241. The third-order valence-electron chi connectivity index (χ3n) is 2.33. The largest absolute Gasteiger partial charge is 0.228 e. The third kappa shape index (κ3) is 1.32. The maximum atomic E-state index is 5.10. The highest BCUT2D eigenvalue weighted by molar-refractivity contribution is 5.26. The molecule has 2 bridgehead atoms. The van der Waals surface area contributed by atoms with Crippen LogP contribution in [0.5, 0.6) is 0 Å². The Morgan fingerprint density at radius 3 is 2.25 bits per heavy atom. The molecule has 0 unspecified atom stereocenters. The van der Waals surface area contributed by atoms with E-state index < -0.39 is 0 Å². The fourth-order valence-electron chi connectivity index (χ4n) is 1.66. The maximum absolute atomic E-state index is 5.10. The van der Waals surface area contributed by atoms with Gasteiger partial charge in [-0.25, -0.2) is 9.78 Å². The molecule has 1 heterocycles. The number of hydrogen-bond donors (Lipinski definition) is 0. The molecule has 1 saturated heterocycles. The van der Waals surface area contributed by atoms with Gasteiger partial charge in [-0.1, -0.05) is 17.7 Å². The van der Waals surface area contributed by atoms with Crippen molar-refractivity contribution in [3.05, 3.63) is 23.3 Å². The first-order valence-electron chi connectivity index (χ1n) is 4.44. The van der Waals surface area contributed by atoms with Crippen molar-refractivity contribution in [3.63, 3.8) is 0 Å². The first kappa shape index (κ1) is 8.02. The molecule has 2 atom stereocenters. The van der Waals surface area contributed by atoms with E-state index >= 15 is 0 Å². The molecule has 2 nitrogen and oxygen atoms in total. The lowest BCUT2D eigenvalue weighted by Gasteiger charge is -2.05. The quantitative estimate of drug-likeness (QED) is 0.557. The van der Waals surface area contributed by atoms with Gasteiger partial charge in [0.2, 0.25) is 0 Å². The van der Waals surface area contributed by atoms with E-state index in [1.54, 1.807) is 0 Å². The molecule has 66 valence electrons. The predicted octanol–water partition coefficient (Wildman–Crippen LogP) is 2.37. The monoisotopic (exact) mass is 166 g/mol. The smallest absolute Gasteiger partial charge is 0.117 e. The Labute approximate surface area is 72.8 Å². The van der Waals surface area contributed by atoms with Crippen LogP contribution in [0.25, 0.3) is 0 Å². The Balaban J connectivity index is 2.14. The predicted molar refractivity (Wildman–Crippen MR) is 46.5 cm³/mol. The Morgan fingerprint density at radius 2 is 1.83 bits per heavy atom. The van der Waals surface area contributed by atoms with Crippen LogP contribution in [0.2, 0.25) is 0 Å². The van der Waals surface area contributed by atoms with Crippen molar-refractivity contribution in [3.8, 4) is 0 Å². The van der Waals surface area contributed by atoms with E-state index in [-0.39, 0.29) is 12.2 Å². The molecule has 0 aromatic heterocycles. The van der Waals surface area contributed by atoms with Crippen LogP contribution in [-0.4, -0.2) is 12.2 Å². The number of allylic oxidation sites excluding steroid dienone is 3.